The van der Waals surface area contributed by atoms with Crippen LogP contribution in [0.15, 0.2) is 24.4 Å². The van der Waals surface area contributed by atoms with Gasteiger partial charge in [-0.2, -0.15) is 0 Å². The standard InChI is InChI=1S/C16H22N2O/c1-19-14-9-5-8-12-13(10-18-16(12)14)15(17)11-6-3-2-4-7-11/h5,8-11,15,18H,2-4,6-7,17H2,1H3. The number of nitrogens with two attached hydrogens (primary N) is 1. The van der Waals surface area contributed by atoms with Gasteiger partial charge in [0, 0.05) is 17.6 Å². The second kappa shape index (κ2) is 5.25. The molecular formula is C16H22N2O. The Bertz CT molecular complexity index is 555. The lowest BCUT2D eigenvalue weighted by atomic mass is 9.81. The maximum atomic E-state index is 6.51. The first-order valence-electron chi connectivity index (χ1n) is 7.21. The molecule has 1 aromatic carbocycles. The summed E-state index contributed by atoms with van der Waals surface area (Å²) in [5.74, 6) is 1.51. The van der Waals surface area contributed by atoms with Crippen molar-refractivity contribution < 1.29 is 4.74 Å². The summed E-state index contributed by atoms with van der Waals surface area (Å²) in [6.07, 6.45) is 8.60. The van der Waals surface area contributed by atoms with Crippen molar-refractivity contribution in [1.82, 2.24) is 4.98 Å². The first-order chi connectivity index (χ1) is 9.31. The molecule has 0 spiro atoms. The molecule has 3 nitrogen and oxygen atoms in total. The van der Waals surface area contributed by atoms with E-state index in [2.05, 4.69) is 17.2 Å². The number of ether oxygens (including phenoxy) is 1. The van der Waals surface area contributed by atoms with Crippen molar-refractivity contribution in [3.05, 3.63) is 30.0 Å². The number of aromatic amines is 1. The van der Waals surface area contributed by atoms with E-state index in [1.165, 1.54) is 43.1 Å². The average Bonchev–Trinajstić information content (AvgIpc) is 2.91. The molecule has 102 valence electrons. The van der Waals surface area contributed by atoms with E-state index in [1.807, 2.05) is 12.1 Å². The molecule has 1 unspecified atom stereocenters. The molecule has 3 rings (SSSR count). The zero-order valence-corrected chi connectivity index (χ0v) is 11.5. The predicted molar refractivity (Wildman–Crippen MR) is 78.4 cm³/mol. The molecular weight excluding hydrogens is 236 g/mol. The van der Waals surface area contributed by atoms with Crippen LogP contribution in [0.25, 0.3) is 10.9 Å². The molecule has 2 aromatic rings. The van der Waals surface area contributed by atoms with Crippen molar-refractivity contribution in [2.75, 3.05) is 7.11 Å². The Balaban J connectivity index is 1.96. The Hall–Kier alpha value is -1.48. The fraction of sp³-hybridized carbons (Fsp3) is 0.500. The monoisotopic (exact) mass is 258 g/mol. The summed E-state index contributed by atoms with van der Waals surface area (Å²) in [7, 11) is 1.70. The van der Waals surface area contributed by atoms with Gasteiger partial charge >= 0.3 is 0 Å². The first-order valence-corrected chi connectivity index (χ1v) is 7.21. The van der Waals surface area contributed by atoms with Crippen molar-refractivity contribution in [3.8, 4) is 5.75 Å². The Morgan fingerprint density at radius 3 is 2.79 bits per heavy atom. The summed E-state index contributed by atoms with van der Waals surface area (Å²) >= 11 is 0. The highest BCUT2D eigenvalue weighted by Crippen LogP contribution is 2.37. The molecule has 1 aliphatic carbocycles. The van der Waals surface area contributed by atoms with Gasteiger partial charge < -0.3 is 15.5 Å². The number of aromatic nitrogens is 1. The molecule has 0 amide bonds. The molecule has 1 saturated carbocycles. The normalized spacial score (nSPS) is 18.6. The van der Waals surface area contributed by atoms with Crippen LogP contribution in [0, 0.1) is 5.92 Å². The molecule has 1 heterocycles. The smallest absolute Gasteiger partial charge is 0.142 e. The van der Waals surface area contributed by atoms with Crippen molar-refractivity contribution in [2.24, 2.45) is 11.7 Å². The lowest BCUT2D eigenvalue weighted by molar-refractivity contribution is 0.309. The Morgan fingerprint density at radius 1 is 1.26 bits per heavy atom. The number of benzene rings is 1. The number of hydrogen-bond acceptors (Lipinski definition) is 2. The third-order valence-electron chi connectivity index (χ3n) is 4.45. The number of nitrogens with one attached hydrogen (secondary N) is 1. The van der Waals surface area contributed by atoms with Gasteiger partial charge in [0.25, 0.3) is 0 Å². The van der Waals surface area contributed by atoms with Crippen LogP contribution in [0.4, 0.5) is 0 Å². The van der Waals surface area contributed by atoms with Crippen LogP contribution >= 0.6 is 0 Å². The van der Waals surface area contributed by atoms with E-state index in [0.717, 1.165) is 11.3 Å². The summed E-state index contributed by atoms with van der Waals surface area (Å²) < 4.78 is 5.39. The molecule has 1 aliphatic rings. The predicted octanol–water partition coefficient (Wildman–Crippen LogP) is 3.76. The molecule has 1 fully saturated rings. The number of methoxy groups -OCH3 is 1. The van der Waals surface area contributed by atoms with Gasteiger partial charge in [0.15, 0.2) is 0 Å². The van der Waals surface area contributed by atoms with Crippen molar-refractivity contribution in [3.63, 3.8) is 0 Å². The minimum Gasteiger partial charge on any atom is -0.495 e. The number of H-pyrrole nitrogens is 1. The maximum absolute atomic E-state index is 6.51. The second-order valence-electron chi connectivity index (χ2n) is 5.55. The van der Waals surface area contributed by atoms with E-state index in [0.29, 0.717) is 5.92 Å². The lowest BCUT2D eigenvalue weighted by Crippen LogP contribution is -2.23. The number of rotatable bonds is 3. The fourth-order valence-electron chi connectivity index (χ4n) is 3.34. The molecule has 1 aromatic heterocycles. The molecule has 0 saturated heterocycles. The van der Waals surface area contributed by atoms with E-state index >= 15 is 0 Å². The van der Waals surface area contributed by atoms with Crippen molar-refractivity contribution in [2.45, 2.75) is 38.1 Å². The Morgan fingerprint density at radius 2 is 2.05 bits per heavy atom. The topological polar surface area (TPSA) is 51.0 Å². The molecule has 0 radical (unpaired) electrons. The second-order valence-corrected chi connectivity index (χ2v) is 5.55. The minimum absolute atomic E-state index is 0.140. The number of hydrogen-bond donors (Lipinski definition) is 2. The van der Waals surface area contributed by atoms with Crippen molar-refractivity contribution >= 4 is 10.9 Å². The van der Waals surface area contributed by atoms with Crippen LogP contribution in [0.5, 0.6) is 5.75 Å². The fourth-order valence-corrected chi connectivity index (χ4v) is 3.34. The highest BCUT2D eigenvalue weighted by Gasteiger charge is 2.24. The summed E-state index contributed by atoms with van der Waals surface area (Å²) in [4.78, 5) is 3.32. The van der Waals surface area contributed by atoms with Crippen LogP contribution in [0.2, 0.25) is 0 Å². The van der Waals surface area contributed by atoms with E-state index in [-0.39, 0.29) is 6.04 Å². The zero-order chi connectivity index (χ0) is 13.2. The highest BCUT2D eigenvalue weighted by molar-refractivity contribution is 5.88. The molecule has 3 heteroatoms. The highest BCUT2D eigenvalue weighted by atomic mass is 16.5. The Kier molecular flexibility index (Phi) is 3.47. The zero-order valence-electron chi connectivity index (χ0n) is 11.5. The van der Waals surface area contributed by atoms with Gasteiger partial charge in [-0.05, 0) is 30.4 Å². The first kappa shape index (κ1) is 12.5. The van der Waals surface area contributed by atoms with E-state index in [9.17, 15) is 0 Å². The van der Waals surface area contributed by atoms with Crippen LogP contribution in [0.1, 0.15) is 43.7 Å². The number of para-hydroxylation sites is 1. The van der Waals surface area contributed by atoms with Gasteiger partial charge in [-0.3, -0.25) is 0 Å². The largest absolute Gasteiger partial charge is 0.495 e. The van der Waals surface area contributed by atoms with E-state index in [4.69, 9.17) is 10.5 Å². The average molecular weight is 258 g/mol. The third-order valence-corrected chi connectivity index (χ3v) is 4.45. The van der Waals surface area contributed by atoms with Crippen LogP contribution in [-0.4, -0.2) is 12.1 Å². The molecule has 0 bridgehead atoms. The van der Waals surface area contributed by atoms with E-state index in [1.54, 1.807) is 7.11 Å². The van der Waals surface area contributed by atoms with Crippen molar-refractivity contribution in [1.29, 1.82) is 0 Å². The molecule has 1 atom stereocenters. The molecule has 0 aliphatic heterocycles. The van der Waals surface area contributed by atoms with Gasteiger partial charge in [0.05, 0.1) is 12.6 Å². The summed E-state index contributed by atoms with van der Waals surface area (Å²) in [5.41, 5.74) is 8.81. The molecule has 19 heavy (non-hydrogen) atoms. The Labute approximate surface area is 114 Å². The van der Waals surface area contributed by atoms with Gasteiger partial charge in [0.1, 0.15) is 5.75 Å². The van der Waals surface area contributed by atoms with Gasteiger partial charge in [-0.25, -0.2) is 0 Å². The number of fused-ring (bicyclic) bond motifs is 1. The summed E-state index contributed by atoms with van der Waals surface area (Å²) in [6.45, 7) is 0. The van der Waals surface area contributed by atoms with E-state index < -0.39 is 0 Å². The summed E-state index contributed by atoms with van der Waals surface area (Å²) in [6, 6.07) is 6.29. The van der Waals surface area contributed by atoms with Gasteiger partial charge in [0.2, 0.25) is 0 Å². The van der Waals surface area contributed by atoms with Gasteiger partial charge in [-0.1, -0.05) is 31.4 Å². The van der Waals surface area contributed by atoms with Crippen LogP contribution in [0.3, 0.4) is 0 Å². The molecule has 3 N–H and O–H groups in total. The third kappa shape index (κ3) is 2.23. The van der Waals surface area contributed by atoms with Gasteiger partial charge in [-0.15, -0.1) is 0 Å². The summed E-state index contributed by atoms with van der Waals surface area (Å²) in [5, 5.41) is 1.21. The van der Waals surface area contributed by atoms with Crippen LogP contribution in [-0.2, 0) is 0 Å². The maximum Gasteiger partial charge on any atom is 0.142 e. The SMILES string of the molecule is COc1cccc2c(C(N)C3CCCCC3)c[nH]c12. The van der Waals surface area contributed by atoms with Crippen LogP contribution < -0.4 is 10.5 Å². The lowest BCUT2D eigenvalue weighted by Gasteiger charge is -2.27. The quantitative estimate of drug-likeness (QED) is 0.880. The minimum atomic E-state index is 0.140.